The summed E-state index contributed by atoms with van der Waals surface area (Å²) in [6.07, 6.45) is 0. The largest absolute Gasteiger partial charge is 0.373 e. The zero-order chi connectivity index (χ0) is 11.5. The number of hydrogen-bond donors (Lipinski definition) is 0. The summed E-state index contributed by atoms with van der Waals surface area (Å²) in [5, 5.41) is 0. The Bertz CT molecular complexity index is 297. The van der Waals surface area contributed by atoms with Gasteiger partial charge < -0.3 is 4.90 Å². The average molecular weight is 226 g/mol. The van der Waals surface area contributed by atoms with Gasteiger partial charge in [0.05, 0.1) is 0 Å². The third-order valence-corrected chi connectivity index (χ3v) is 2.76. The molecule has 0 spiro atoms. The summed E-state index contributed by atoms with van der Waals surface area (Å²) in [6, 6.07) is 8.71. The van der Waals surface area contributed by atoms with Crippen molar-refractivity contribution in [2.45, 2.75) is 26.2 Å². The van der Waals surface area contributed by atoms with Crippen molar-refractivity contribution in [3.05, 3.63) is 29.8 Å². The lowest BCUT2D eigenvalue weighted by Crippen LogP contribution is -2.19. The van der Waals surface area contributed by atoms with E-state index in [1.807, 2.05) is 0 Å². The van der Waals surface area contributed by atoms with Crippen molar-refractivity contribution in [3.8, 4) is 0 Å². The van der Waals surface area contributed by atoms with E-state index in [0.29, 0.717) is 5.88 Å². The summed E-state index contributed by atoms with van der Waals surface area (Å²) in [4.78, 5) is 2.17. The zero-order valence-electron chi connectivity index (χ0n) is 10.0. The Morgan fingerprint density at radius 3 is 2.07 bits per heavy atom. The first-order valence-electron chi connectivity index (χ1n) is 5.33. The molecule has 1 rings (SSSR count). The molecule has 0 amide bonds. The fourth-order valence-electron chi connectivity index (χ4n) is 1.47. The molecular weight excluding hydrogens is 206 g/mol. The molecule has 84 valence electrons. The molecule has 0 aromatic heterocycles. The Hall–Kier alpha value is -0.690. The van der Waals surface area contributed by atoms with Crippen LogP contribution in [0.3, 0.4) is 0 Å². The minimum Gasteiger partial charge on any atom is -0.373 e. The molecule has 2 heteroatoms. The highest BCUT2D eigenvalue weighted by Crippen LogP contribution is 2.24. The molecule has 0 heterocycles. The van der Waals surface area contributed by atoms with Crippen molar-refractivity contribution in [1.29, 1.82) is 0 Å². The van der Waals surface area contributed by atoms with Crippen molar-refractivity contribution in [1.82, 2.24) is 0 Å². The van der Waals surface area contributed by atoms with Gasteiger partial charge >= 0.3 is 0 Å². The number of alkyl halides is 1. The highest BCUT2D eigenvalue weighted by molar-refractivity contribution is 6.18. The molecule has 0 bridgehead atoms. The Morgan fingerprint density at radius 2 is 1.67 bits per heavy atom. The van der Waals surface area contributed by atoms with Crippen LogP contribution in [0, 0.1) is 0 Å². The molecule has 0 aliphatic rings. The van der Waals surface area contributed by atoms with Crippen LogP contribution in [0.15, 0.2) is 24.3 Å². The van der Waals surface area contributed by atoms with Crippen molar-refractivity contribution in [2.75, 3.05) is 24.4 Å². The summed E-state index contributed by atoms with van der Waals surface area (Å²) in [7, 11) is 2.06. The molecule has 15 heavy (non-hydrogen) atoms. The lowest BCUT2D eigenvalue weighted by atomic mass is 9.87. The van der Waals surface area contributed by atoms with Gasteiger partial charge in [-0.1, -0.05) is 32.9 Å². The smallest absolute Gasteiger partial charge is 0.0399 e. The number of benzene rings is 1. The molecule has 1 aromatic rings. The molecule has 0 unspecified atom stereocenters. The van der Waals surface area contributed by atoms with Crippen molar-refractivity contribution in [3.63, 3.8) is 0 Å². The first-order chi connectivity index (χ1) is 6.95. The van der Waals surface area contributed by atoms with Crippen molar-refractivity contribution < 1.29 is 0 Å². The Balaban J connectivity index is 2.81. The van der Waals surface area contributed by atoms with E-state index in [4.69, 9.17) is 11.6 Å². The second-order valence-electron chi connectivity index (χ2n) is 4.91. The van der Waals surface area contributed by atoms with Crippen LogP contribution in [0.4, 0.5) is 5.69 Å². The first-order valence-corrected chi connectivity index (χ1v) is 5.86. The summed E-state index contributed by atoms with van der Waals surface area (Å²) in [6.45, 7) is 7.57. The van der Waals surface area contributed by atoms with Gasteiger partial charge in [0.2, 0.25) is 0 Å². The minimum atomic E-state index is 0.226. The van der Waals surface area contributed by atoms with E-state index in [1.165, 1.54) is 11.3 Å². The standard InChI is InChI=1S/C13H20ClN/c1-13(2,3)11-5-7-12(8-6-11)15(4)10-9-14/h5-8H,9-10H2,1-4H3. The molecule has 0 aliphatic heterocycles. The number of anilines is 1. The average Bonchev–Trinajstić information content (AvgIpc) is 2.17. The second kappa shape index (κ2) is 4.89. The van der Waals surface area contributed by atoms with Gasteiger partial charge in [0.1, 0.15) is 0 Å². The third-order valence-electron chi connectivity index (χ3n) is 2.59. The minimum absolute atomic E-state index is 0.226. The topological polar surface area (TPSA) is 3.24 Å². The summed E-state index contributed by atoms with van der Waals surface area (Å²) >= 11 is 5.71. The zero-order valence-corrected chi connectivity index (χ0v) is 10.8. The van der Waals surface area contributed by atoms with Gasteiger partial charge in [0.25, 0.3) is 0 Å². The Morgan fingerprint density at radius 1 is 1.13 bits per heavy atom. The molecule has 1 aromatic carbocycles. The van der Waals surface area contributed by atoms with Gasteiger partial charge in [-0.15, -0.1) is 11.6 Å². The van der Waals surface area contributed by atoms with Crippen molar-refractivity contribution >= 4 is 17.3 Å². The van der Waals surface area contributed by atoms with E-state index < -0.39 is 0 Å². The number of nitrogens with zero attached hydrogens (tertiary/aromatic N) is 1. The fraction of sp³-hybridized carbons (Fsp3) is 0.538. The molecule has 0 atom stereocenters. The number of hydrogen-bond acceptors (Lipinski definition) is 1. The maximum atomic E-state index is 5.71. The van der Waals surface area contributed by atoms with E-state index in [2.05, 4.69) is 57.0 Å². The third kappa shape index (κ3) is 3.42. The van der Waals surface area contributed by atoms with E-state index in [9.17, 15) is 0 Å². The number of halogens is 1. The second-order valence-corrected chi connectivity index (χ2v) is 5.29. The Labute approximate surface area is 98.0 Å². The Kier molecular flexibility index (Phi) is 4.04. The van der Waals surface area contributed by atoms with Gasteiger partial charge in [-0.2, -0.15) is 0 Å². The predicted molar refractivity (Wildman–Crippen MR) is 69.1 cm³/mol. The lowest BCUT2D eigenvalue weighted by molar-refractivity contribution is 0.590. The molecule has 0 aliphatic carbocycles. The highest BCUT2D eigenvalue weighted by atomic mass is 35.5. The molecule has 0 saturated heterocycles. The predicted octanol–water partition coefficient (Wildman–Crippen LogP) is 3.66. The normalized spacial score (nSPS) is 11.5. The van der Waals surface area contributed by atoms with Crippen LogP contribution >= 0.6 is 11.6 Å². The summed E-state index contributed by atoms with van der Waals surface area (Å²) < 4.78 is 0. The van der Waals surface area contributed by atoms with Gasteiger partial charge in [0.15, 0.2) is 0 Å². The maximum absolute atomic E-state index is 5.71. The van der Waals surface area contributed by atoms with Gasteiger partial charge in [-0.05, 0) is 23.1 Å². The summed E-state index contributed by atoms with van der Waals surface area (Å²) in [5.41, 5.74) is 2.82. The van der Waals surface area contributed by atoms with Crippen LogP contribution in [0.5, 0.6) is 0 Å². The highest BCUT2D eigenvalue weighted by Gasteiger charge is 2.13. The van der Waals surface area contributed by atoms with E-state index >= 15 is 0 Å². The van der Waals surface area contributed by atoms with Gasteiger partial charge in [-0.3, -0.25) is 0 Å². The SMILES string of the molecule is CN(CCCl)c1ccc(C(C)(C)C)cc1. The van der Waals surface area contributed by atoms with Gasteiger partial charge in [-0.25, -0.2) is 0 Å². The van der Waals surface area contributed by atoms with Crippen molar-refractivity contribution in [2.24, 2.45) is 0 Å². The lowest BCUT2D eigenvalue weighted by Gasteiger charge is -2.22. The summed E-state index contributed by atoms with van der Waals surface area (Å²) in [5.74, 6) is 0.664. The van der Waals surface area contributed by atoms with Crippen LogP contribution in [-0.4, -0.2) is 19.5 Å². The van der Waals surface area contributed by atoms with Gasteiger partial charge in [0, 0.05) is 25.2 Å². The molecule has 1 nitrogen and oxygen atoms in total. The molecule has 0 radical (unpaired) electrons. The quantitative estimate of drug-likeness (QED) is 0.710. The van der Waals surface area contributed by atoms with E-state index in [-0.39, 0.29) is 5.41 Å². The monoisotopic (exact) mass is 225 g/mol. The first kappa shape index (κ1) is 12.4. The molecule has 0 N–H and O–H groups in total. The number of rotatable bonds is 3. The maximum Gasteiger partial charge on any atom is 0.0399 e. The van der Waals surface area contributed by atoms with Crippen LogP contribution < -0.4 is 4.90 Å². The van der Waals surface area contributed by atoms with Crippen LogP contribution in [0.25, 0.3) is 0 Å². The molecule has 0 saturated carbocycles. The molecule has 0 fully saturated rings. The van der Waals surface area contributed by atoms with Crippen LogP contribution in [-0.2, 0) is 5.41 Å². The fourth-order valence-corrected chi connectivity index (χ4v) is 1.73. The van der Waals surface area contributed by atoms with Crippen LogP contribution in [0.2, 0.25) is 0 Å². The molecular formula is C13H20ClN. The van der Waals surface area contributed by atoms with E-state index in [1.54, 1.807) is 0 Å². The van der Waals surface area contributed by atoms with Crippen LogP contribution in [0.1, 0.15) is 26.3 Å². The van der Waals surface area contributed by atoms with E-state index in [0.717, 1.165) is 6.54 Å².